The Kier molecular flexibility index (Phi) is 8.63. The highest BCUT2D eigenvalue weighted by molar-refractivity contribution is 6.30. The first-order valence-corrected chi connectivity index (χ1v) is 12.6. The fourth-order valence-electron chi connectivity index (χ4n) is 4.24. The first-order valence-electron chi connectivity index (χ1n) is 12.2. The van der Waals surface area contributed by atoms with Crippen molar-refractivity contribution in [3.63, 3.8) is 0 Å². The van der Waals surface area contributed by atoms with E-state index >= 15 is 0 Å². The molecule has 0 aromatic heterocycles. The smallest absolute Gasteiger partial charge is 0.340 e. The van der Waals surface area contributed by atoms with Crippen molar-refractivity contribution in [2.24, 2.45) is 0 Å². The summed E-state index contributed by atoms with van der Waals surface area (Å²) in [5.41, 5.74) is 2.20. The van der Waals surface area contributed by atoms with Crippen molar-refractivity contribution in [1.82, 2.24) is 5.32 Å². The molecule has 37 heavy (non-hydrogen) atoms. The van der Waals surface area contributed by atoms with Gasteiger partial charge in [-0.05, 0) is 74.7 Å². The molecule has 2 amide bonds. The Morgan fingerprint density at radius 2 is 1.89 bits per heavy atom. The summed E-state index contributed by atoms with van der Waals surface area (Å²) < 4.78 is 16.3. The molecule has 2 heterocycles. The van der Waals surface area contributed by atoms with Crippen LogP contribution in [0.5, 0.6) is 5.75 Å². The zero-order valence-corrected chi connectivity index (χ0v) is 21.5. The molecule has 0 bridgehead atoms. The Labute approximate surface area is 220 Å². The molecule has 194 valence electrons. The third kappa shape index (κ3) is 6.39. The van der Waals surface area contributed by atoms with Gasteiger partial charge in [0.15, 0.2) is 6.61 Å². The molecule has 1 saturated heterocycles. The minimum atomic E-state index is -0.565. The second kappa shape index (κ2) is 12.1. The van der Waals surface area contributed by atoms with Crippen LogP contribution in [-0.2, 0) is 23.9 Å². The van der Waals surface area contributed by atoms with Crippen molar-refractivity contribution in [2.75, 3.05) is 31.3 Å². The molecule has 1 atom stereocenters. The van der Waals surface area contributed by atoms with E-state index < -0.39 is 5.97 Å². The van der Waals surface area contributed by atoms with Crippen molar-refractivity contribution in [1.29, 1.82) is 0 Å². The van der Waals surface area contributed by atoms with Crippen molar-refractivity contribution >= 4 is 41.1 Å². The lowest BCUT2D eigenvalue weighted by Crippen LogP contribution is -2.35. The Morgan fingerprint density at radius 1 is 1.16 bits per heavy atom. The van der Waals surface area contributed by atoms with Gasteiger partial charge in [-0.1, -0.05) is 23.7 Å². The van der Waals surface area contributed by atoms with E-state index in [1.54, 1.807) is 68.5 Å². The van der Waals surface area contributed by atoms with Gasteiger partial charge in [0, 0.05) is 29.6 Å². The van der Waals surface area contributed by atoms with Gasteiger partial charge in [0.25, 0.3) is 11.8 Å². The number of rotatable bonds is 9. The second-order valence-corrected chi connectivity index (χ2v) is 9.09. The molecule has 2 aromatic rings. The topological polar surface area (TPSA) is 94.2 Å². The number of carbonyl (C=O) groups excluding carboxylic acids is 3. The highest BCUT2D eigenvalue weighted by Crippen LogP contribution is 2.36. The Morgan fingerprint density at radius 3 is 2.54 bits per heavy atom. The minimum Gasteiger partial charge on any atom is -0.484 e. The van der Waals surface area contributed by atoms with Crippen LogP contribution in [0.25, 0.3) is 6.08 Å². The number of nitrogens with zero attached hydrogens (tertiary/aromatic N) is 1. The predicted octanol–water partition coefficient (Wildman–Crippen LogP) is 4.28. The van der Waals surface area contributed by atoms with E-state index in [1.165, 1.54) is 4.90 Å². The maximum absolute atomic E-state index is 13.4. The molecule has 1 fully saturated rings. The first kappa shape index (κ1) is 26.4. The minimum absolute atomic E-state index is 0.0716. The molecule has 2 aliphatic rings. The van der Waals surface area contributed by atoms with Crippen LogP contribution < -0.4 is 15.0 Å². The van der Waals surface area contributed by atoms with Gasteiger partial charge in [-0.25, -0.2) is 4.79 Å². The van der Waals surface area contributed by atoms with Crippen LogP contribution >= 0.6 is 11.6 Å². The maximum atomic E-state index is 13.4. The lowest BCUT2D eigenvalue weighted by atomic mass is 10.0. The monoisotopic (exact) mass is 524 g/mol. The molecule has 0 unspecified atom stereocenters. The fraction of sp³-hybridized carbons (Fsp3) is 0.321. The number of allylic oxidation sites excluding steroid dienone is 1. The Bertz CT molecular complexity index is 1210. The second-order valence-electron chi connectivity index (χ2n) is 8.65. The van der Waals surface area contributed by atoms with Crippen LogP contribution in [0.1, 0.15) is 32.3 Å². The van der Waals surface area contributed by atoms with Gasteiger partial charge in [-0.2, -0.15) is 0 Å². The average molecular weight is 525 g/mol. The molecule has 8 nitrogen and oxygen atoms in total. The van der Waals surface area contributed by atoms with Crippen LogP contribution in [0, 0.1) is 0 Å². The zero-order valence-electron chi connectivity index (χ0n) is 20.8. The van der Waals surface area contributed by atoms with Crippen LogP contribution in [0.2, 0.25) is 5.02 Å². The predicted molar refractivity (Wildman–Crippen MR) is 140 cm³/mol. The fourth-order valence-corrected chi connectivity index (χ4v) is 4.37. The van der Waals surface area contributed by atoms with Crippen LogP contribution in [0.4, 0.5) is 5.69 Å². The van der Waals surface area contributed by atoms with E-state index in [1.807, 2.05) is 0 Å². The van der Waals surface area contributed by atoms with E-state index in [0.717, 1.165) is 19.4 Å². The average Bonchev–Trinajstić information content (AvgIpc) is 3.49. The lowest BCUT2D eigenvalue weighted by molar-refractivity contribution is -0.138. The summed E-state index contributed by atoms with van der Waals surface area (Å²) in [6, 6.07) is 13.7. The van der Waals surface area contributed by atoms with Crippen LogP contribution in [0.3, 0.4) is 0 Å². The lowest BCUT2D eigenvalue weighted by Gasteiger charge is -2.18. The van der Waals surface area contributed by atoms with Gasteiger partial charge in [0.05, 0.1) is 23.9 Å². The normalized spacial score (nSPS) is 18.5. The van der Waals surface area contributed by atoms with Crippen LogP contribution in [-0.4, -0.2) is 50.3 Å². The number of carbonyl (C=O) groups is 3. The summed E-state index contributed by atoms with van der Waals surface area (Å²) in [5, 5.41) is 3.36. The van der Waals surface area contributed by atoms with Crippen molar-refractivity contribution < 1.29 is 28.6 Å². The van der Waals surface area contributed by atoms with Gasteiger partial charge in [-0.3, -0.25) is 14.5 Å². The number of anilines is 1. The third-order valence-electron chi connectivity index (χ3n) is 6.08. The number of ether oxygens (including phenoxy) is 3. The Hall–Kier alpha value is -3.62. The molecular formula is C28H29ClN2O6. The molecule has 0 radical (unpaired) electrons. The largest absolute Gasteiger partial charge is 0.484 e. The third-order valence-corrected chi connectivity index (χ3v) is 6.33. The molecular weight excluding hydrogens is 496 g/mol. The first-order chi connectivity index (χ1) is 17.9. The number of nitrogens with one attached hydrogen (secondary N) is 1. The summed E-state index contributed by atoms with van der Waals surface area (Å²) in [4.78, 5) is 39.7. The maximum Gasteiger partial charge on any atom is 0.340 e. The summed E-state index contributed by atoms with van der Waals surface area (Å²) >= 11 is 6.00. The molecule has 1 N–H and O–H groups in total. The van der Waals surface area contributed by atoms with Gasteiger partial charge in [0.2, 0.25) is 0 Å². The van der Waals surface area contributed by atoms with Crippen LogP contribution in [0.15, 0.2) is 65.4 Å². The molecule has 2 aliphatic heterocycles. The molecule has 0 spiro atoms. The van der Waals surface area contributed by atoms with Gasteiger partial charge in [0.1, 0.15) is 5.75 Å². The molecule has 2 aromatic carbocycles. The highest BCUT2D eigenvalue weighted by atomic mass is 35.5. The number of benzene rings is 2. The highest BCUT2D eigenvalue weighted by Gasteiger charge is 2.38. The van der Waals surface area contributed by atoms with Crippen molar-refractivity contribution in [3.05, 3.63) is 76.0 Å². The quantitative estimate of drug-likeness (QED) is 0.389. The van der Waals surface area contributed by atoms with E-state index in [9.17, 15) is 14.4 Å². The summed E-state index contributed by atoms with van der Waals surface area (Å²) in [6.45, 7) is 4.71. The number of halogens is 1. The van der Waals surface area contributed by atoms with Gasteiger partial charge in [-0.15, -0.1) is 0 Å². The van der Waals surface area contributed by atoms with Gasteiger partial charge < -0.3 is 19.5 Å². The van der Waals surface area contributed by atoms with Crippen molar-refractivity contribution in [3.8, 4) is 5.75 Å². The standard InChI is InChI=1S/C28H29ClN2O6/c1-3-35-28(34)26-18(2)31(21-10-8-20(29)9-11-21)27(33)24(26)15-19-6-12-22(13-7-19)37-17-25(32)30-16-23-5-4-14-36-23/h6-13,15,23H,3-5,14,16-17H2,1-2H3,(H,30,32)/b24-15-/t23-/m1/s1. The number of hydrogen-bond acceptors (Lipinski definition) is 6. The van der Waals surface area contributed by atoms with E-state index in [2.05, 4.69) is 5.32 Å². The molecule has 0 saturated carbocycles. The molecule has 0 aliphatic carbocycles. The summed E-state index contributed by atoms with van der Waals surface area (Å²) in [7, 11) is 0. The number of hydrogen-bond donors (Lipinski definition) is 1. The van der Waals surface area contributed by atoms with E-state index in [4.69, 9.17) is 25.8 Å². The summed E-state index contributed by atoms with van der Waals surface area (Å²) in [6.07, 6.45) is 3.68. The van der Waals surface area contributed by atoms with Gasteiger partial charge >= 0.3 is 5.97 Å². The number of amides is 2. The zero-order chi connectivity index (χ0) is 26.4. The Balaban J connectivity index is 1.47. The SMILES string of the molecule is CCOC(=O)C1=C(C)N(c2ccc(Cl)cc2)C(=O)/C1=C\c1ccc(OCC(=O)NC[C@H]2CCCO2)cc1. The molecule has 9 heteroatoms. The summed E-state index contributed by atoms with van der Waals surface area (Å²) in [5.74, 6) is -0.622. The molecule has 4 rings (SSSR count). The van der Waals surface area contributed by atoms with E-state index in [0.29, 0.717) is 34.3 Å². The van der Waals surface area contributed by atoms with Crippen molar-refractivity contribution in [2.45, 2.75) is 32.8 Å². The van der Waals surface area contributed by atoms with E-state index in [-0.39, 0.29) is 42.3 Å². The number of esters is 1.